The molecule has 1 heterocycles. The third-order valence-corrected chi connectivity index (χ3v) is 2.32. The molecule has 2 nitrogen and oxygen atoms in total. The number of hydrogen-bond acceptors (Lipinski definition) is 1. The second-order valence-corrected chi connectivity index (χ2v) is 3.72. The molecular weight excluding hydrogens is 196 g/mol. The van der Waals surface area contributed by atoms with Gasteiger partial charge in [-0.15, -0.1) is 0 Å². The Morgan fingerprint density at radius 1 is 1.21 bits per heavy atom. The van der Waals surface area contributed by atoms with Gasteiger partial charge in [-0.3, -0.25) is 4.68 Å². The van der Waals surface area contributed by atoms with Gasteiger partial charge in [-0.2, -0.15) is 5.10 Å². The Kier molecular flexibility index (Phi) is 2.55. The van der Waals surface area contributed by atoms with E-state index in [4.69, 9.17) is 11.6 Å². The lowest BCUT2D eigenvalue weighted by Gasteiger charge is -1.97. The van der Waals surface area contributed by atoms with Crippen LogP contribution in [0.1, 0.15) is 11.3 Å². The number of hydrogen-bond donors (Lipinski definition) is 0. The molecule has 0 aliphatic heterocycles. The molecule has 0 saturated heterocycles. The van der Waals surface area contributed by atoms with E-state index in [2.05, 4.69) is 5.10 Å². The van der Waals surface area contributed by atoms with E-state index >= 15 is 0 Å². The van der Waals surface area contributed by atoms with Gasteiger partial charge in [-0.05, 0) is 23.8 Å². The highest BCUT2D eigenvalue weighted by Gasteiger charge is 1.98. The molecule has 0 fully saturated rings. The topological polar surface area (TPSA) is 17.8 Å². The summed E-state index contributed by atoms with van der Waals surface area (Å²) in [6.45, 7) is 0. The van der Waals surface area contributed by atoms with Crippen LogP contribution in [-0.2, 0) is 13.5 Å². The fraction of sp³-hybridized carbons (Fsp3) is 0.182. The molecule has 0 atom stereocenters. The molecule has 3 heteroatoms. The molecule has 0 radical (unpaired) electrons. The first-order valence-electron chi connectivity index (χ1n) is 4.47. The molecule has 2 aromatic rings. The average molecular weight is 207 g/mol. The van der Waals surface area contributed by atoms with Gasteiger partial charge in [0.2, 0.25) is 0 Å². The third kappa shape index (κ3) is 2.15. The Hall–Kier alpha value is -1.28. The summed E-state index contributed by atoms with van der Waals surface area (Å²) < 4.78 is 1.81. The molecular formula is C11H11ClN2. The van der Waals surface area contributed by atoms with E-state index in [1.807, 2.05) is 48.3 Å². The lowest BCUT2D eigenvalue weighted by molar-refractivity contribution is 0.749. The van der Waals surface area contributed by atoms with Crippen LogP contribution in [0.3, 0.4) is 0 Å². The summed E-state index contributed by atoms with van der Waals surface area (Å²) in [5, 5.41) is 5.09. The van der Waals surface area contributed by atoms with Crippen molar-refractivity contribution >= 4 is 11.6 Å². The van der Waals surface area contributed by atoms with Crippen LogP contribution in [0.4, 0.5) is 0 Å². The molecule has 0 unspecified atom stereocenters. The predicted octanol–water partition coefficient (Wildman–Crippen LogP) is 2.66. The van der Waals surface area contributed by atoms with E-state index in [0.717, 1.165) is 17.1 Å². The van der Waals surface area contributed by atoms with E-state index < -0.39 is 0 Å². The number of nitrogens with zero attached hydrogens (tertiary/aromatic N) is 2. The van der Waals surface area contributed by atoms with E-state index in [-0.39, 0.29) is 0 Å². The highest BCUT2D eigenvalue weighted by molar-refractivity contribution is 6.30. The van der Waals surface area contributed by atoms with Crippen molar-refractivity contribution in [3.63, 3.8) is 0 Å². The lowest BCUT2D eigenvalue weighted by Crippen LogP contribution is -1.92. The molecule has 0 bridgehead atoms. The minimum Gasteiger partial charge on any atom is -0.276 e. The smallest absolute Gasteiger partial charge is 0.0668 e. The van der Waals surface area contributed by atoms with Gasteiger partial charge in [0.25, 0.3) is 0 Å². The van der Waals surface area contributed by atoms with Gasteiger partial charge in [-0.1, -0.05) is 23.7 Å². The Morgan fingerprint density at radius 2 is 1.93 bits per heavy atom. The maximum atomic E-state index is 5.80. The Labute approximate surface area is 88.1 Å². The first-order chi connectivity index (χ1) is 6.74. The molecule has 0 amide bonds. The largest absolute Gasteiger partial charge is 0.276 e. The van der Waals surface area contributed by atoms with E-state index in [9.17, 15) is 0 Å². The van der Waals surface area contributed by atoms with Gasteiger partial charge in [0.1, 0.15) is 0 Å². The SMILES string of the molecule is Cn1ccc(Cc2ccc(Cl)cc2)n1. The molecule has 1 aromatic carbocycles. The number of aromatic nitrogens is 2. The van der Waals surface area contributed by atoms with Gasteiger partial charge in [0.15, 0.2) is 0 Å². The van der Waals surface area contributed by atoms with Crippen LogP contribution in [-0.4, -0.2) is 9.78 Å². The van der Waals surface area contributed by atoms with Crippen LogP contribution in [0.2, 0.25) is 5.02 Å². The number of halogens is 1. The lowest BCUT2D eigenvalue weighted by atomic mass is 10.1. The minimum absolute atomic E-state index is 0.773. The van der Waals surface area contributed by atoms with Crippen molar-refractivity contribution in [1.29, 1.82) is 0 Å². The van der Waals surface area contributed by atoms with E-state index in [1.165, 1.54) is 5.56 Å². The molecule has 0 spiro atoms. The minimum atomic E-state index is 0.773. The zero-order valence-electron chi connectivity index (χ0n) is 7.94. The fourth-order valence-corrected chi connectivity index (χ4v) is 1.49. The van der Waals surface area contributed by atoms with Gasteiger partial charge in [0.05, 0.1) is 5.69 Å². The van der Waals surface area contributed by atoms with Gasteiger partial charge in [0, 0.05) is 24.7 Å². The van der Waals surface area contributed by atoms with Crippen LogP contribution in [0, 0.1) is 0 Å². The summed E-state index contributed by atoms with van der Waals surface area (Å²) in [4.78, 5) is 0. The standard InChI is InChI=1S/C11H11ClN2/c1-14-7-6-11(13-14)8-9-2-4-10(12)5-3-9/h2-7H,8H2,1H3. The Morgan fingerprint density at radius 3 is 2.50 bits per heavy atom. The second kappa shape index (κ2) is 3.84. The molecule has 0 aliphatic carbocycles. The second-order valence-electron chi connectivity index (χ2n) is 3.28. The van der Waals surface area contributed by atoms with Crippen LogP contribution in [0.15, 0.2) is 36.5 Å². The van der Waals surface area contributed by atoms with E-state index in [0.29, 0.717) is 0 Å². The van der Waals surface area contributed by atoms with Gasteiger partial charge < -0.3 is 0 Å². The fourth-order valence-electron chi connectivity index (χ4n) is 1.37. The maximum Gasteiger partial charge on any atom is 0.0668 e. The van der Waals surface area contributed by atoms with Crippen LogP contribution >= 0.6 is 11.6 Å². The summed E-state index contributed by atoms with van der Waals surface area (Å²) in [7, 11) is 1.92. The number of rotatable bonds is 2. The molecule has 1 aromatic heterocycles. The van der Waals surface area contributed by atoms with Crippen LogP contribution in [0.25, 0.3) is 0 Å². The first-order valence-corrected chi connectivity index (χ1v) is 4.85. The third-order valence-electron chi connectivity index (χ3n) is 2.07. The molecule has 0 N–H and O–H groups in total. The van der Waals surface area contributed by atoms with Gasteiger partial charge in [-0.25, -0.2) is 0 Å². The zero-order chi connectivity index (χ0) is 9.97. The van der Waals surface area contributed by atoms with Crippen molar-refractivity contribution in [2.45, 2.75) is 6.42 Å². The normalized spacial score (nSPS) is 10.4. The van der Waals surface area contributed by atoms with Crippen molar-refractivity contribution in [2.24, 2.45) is 7.05 Å². The number of benzene rings is 1. The van der Waals surface area contributed by atoms with Crippen molar-refractivity contribution in [2.75, 3.05) is 0 Å². The molecule has 0 saturated carbocycles. The van der Waals surface area contributed by atoms with Gasteiger partial charge >= 0.3 is 0 Å². The first kappa shape index (κ1) is 9.28. The summed E-state index contributed by atoms with van der Waals surface area (Å²) in [6.07, 6.45) is 2.81. The maximum absolute atomic E-state index is 5.80. The average Bonchev–Trinajstić information content (AvgIpc) is 2.56. The summed E-state index contributed by atoms with van der Waals surface area (Å²) in [5.41, 5.74) is 2.31. The number of aryl methyl sites for hydroxylation is 1. The highest BCUT2D eigenvalue weighted by atomic mass is 35.5. The predicted molar refractivity (Wildman–Crippen MR) is 57.5 cm³/mol. The molecule has 0 aliphatic rings. The summed E-state index contributed by atoms with van der Waals surface area (Å²) in [5.74, 6) is 0. The van der Waals surface area contributed by atoms with Crippen LogP contribution < -0.4 is 0 Å². The van der Waals surface area contributed by atoms with Crippen molar-refractivity contribution in [3.8, 4) is 0 Å². The quantitative estimate of drug-likeness (QED) is 0.739. The Balaban J connectivity index is 2.15. The van der Waals surface area contributed by atoms with Crippen molar-refractivity contribution in [3.05, 3.63) is 52.8 Å². The van der Waals surface area contributed by atoms with E-state index in [1.54, 1.807) is 0 Å². The van der Waals surface area contributed by atoms with Crippen molar-refractivity contribution in [1.82, 2.24) is 9.78 Å². The monoisotopic (exact) mass is 206 g/mol. The van der Waals surface area contributed by atoms with Crippen molar-refractivity contribution < 1.29 is 0 Å². The zero-order valence-corrected chi connectivity index (χ0v) is 8.70. The highest BCUT2D eigenvalue weighted by Crippen LogP contribution is 2.12. The molecule has 2 rings (SSSR count). The molecule has 72 valence electrons. The summed E-state index contributed by atoms with van der Waals surface area (Å²) >= 11 is 5.80. The summed E-state index contributed by atoms with van der Waals surface area (Å²) in [6, 6.07) is 9.88. The van der Waals surface area contributed by atoms with Crippen LogP contribution in [0.5, 0.6) is 0 Å². The Bertz CT molecular complexity index is 417. The molecule has 14 heavy (non-hydrogen) atoms.